The van der Waals surface area contributed by atoms with Crippen molar-refractivity contribution in [3.63, 3.8) is 0 Å². The molecule has 2 nitrogen and oxygen atoms in total. The smallest absolute Gasteiger partial charge is 0.181 e. The standard InChI is InChI=1S/C10H21NO/c1-8(11-9(2,3)4)12-10(5,6)7/h1-7H3. The van der Waals surface area contributed by atoms with Gasteiger partial charge in [-0.2, -0.15) is 0 Å². The fourth-order valence-electron chi connectivity index (χ4n) is 0.938. The van der Waals surface area contributed by atoms with E-state index in [0.717, 1.165) is 5.90 Å². The molecule has 0 aromatic carbocycles. The molecule has 0 saturated heterocycles. The van der Waals surface area contributed by atoms with Crippen LogP contribution in [-0.2, 0) is 4.74 Å². The van der Waals surface area contributed by atoms with Gasteiger partial charge < -0.3 is 4.74 Å². The van der Waals surface area contributed by atoms with Gasteiger partial charge in [0, 0.05) is 6.92 Å². The lowest BCUT2D eigenvalue weighted by molar-refractivity contribution is 0.113. The van der Waals surface area contributed by atoms with Crippen molar-refractivity contribution in [1.82, 2.24) is 0 Å². The minimum absolute atomic E-state index is 0.0463. The predicted octanol–water partition coefficient (Wildman–Crippen LogP) is 3.02. The zero-order valence-corrected chi connectivity index (χ0v) is 9.36. The number of rotatable bonds is 0. The zero-order valence-electron chi connectivity index (χ0n) is 9.36. The highest BCUT2D eigenvalue weighted by Crippen LogP contribution is 2.12. The molecule has 0 unspecified atom stereocenters. The summed E-state index contributed by atoms with van der Waals surface area (Å²) >= 11 is 0. The van der Waals surface area contributed by atoms with Crippen LogP contribution in [0.3, 0.4) is 0 Å². The molecule has 0 aliphatic rings. The van der Waals surface area contributed by atoms with Crippen LogP contribution in [0.4, 0.5) is 0 Å². The van der Waals surface area contributed by atoms with E-state index in [1.54, 1.807) is 0 Å². The average molecular weight is 171 g/mol. The lowest BCUT2D eigenvalue weighted by Gasteiger charge is -2.23. The number of hydrogen-bond acceptors (Lipinski definition) is 2. The van der Waals surface area contributed by atoms with Gasteiger partial charge in [0.2, 0.25) is 0 Å². The number of aliphatic imine (C=N–C) groups is 1. The van der Waals surface area contributed by atoms with Crippen LogP contribution < -0.4 is 0 Å². The first-order valence-corrected chi connectivity index (χ1v) is 4.36. The molecular weight excluding hydrogens is 150 g/mol. The van der Waals surface area contributed by atoms with E-state index < -0.39 is 0 Å². The van der Waals surface area contributed by atoms with Crippen LogP contribution in [0.15, 0.2) is 4.99 Å². The predicted molar refractivity (Wildman–Crippen MR) is 53.7 cm³/mol. The lowest BCUT2D eigenvalue weighted by atomic mass is 10.1. The Labute approximate surface area is 76.0 Å². The molecule has 12 heavy (non-hydrogen) atoms. The Morgan fingerprint density at radius 2 is 1.42 bits per heavy atom. The molecule has 0 radical (unpaired) electrons. The molecule has 0 aliphatic heterocycles. The summed E-state index contributed by atoms with van der Waals surface area (Å²) in [5.74, 6) is 0.759. The minimum atomic E-state index is -0.140. The summed E-state index contributed by atoms with van der Waals surface area (Å²) in [4.78, 5) is 4.39. The topological polar surface area (TPSA) is 21.6 Å². The monoisotopic (exact) mass is 171 g/mol. The molecule has 0 atom stereocenters. The van der Waals surface area contributed by atoms with Gasteiger partial charge in [0.05, 0.1) is 5.54 Å². The largest absolute Gasteiger partial charge is 0.476 e. The molecular formula is C10H21NO. The zero-order chi connectivity index (χ0) is 9.99. The first-order valence-electron chi connectivity index (χ1n) is 4.36. The Morgan fingerprint density at radius 3 is 1.67 bits per heavy atom. The summed E-state index contributed by atoms with van der Waals surface area (Å²) < 4.78 is 5.56. The summed E-state index contributed by atoms with van der Waals surface area (Å²) in [5.41, 5.74) is -0.186. The van der Waals surface area contributed by atoms with Gasteiger partial charge in [0.25, 0.3) is 0 Å². The fraction of sp³-hybridized carbons (Fsp3) is 0.900. The van der Waals surface area contributed by atoms with Crippen LogP contribution in [0.2, 0.25) is 0 Å². The third-order valence-corrected chi connectivity index (χ3v) is 0.947. The number of hydrogen-bond donors (Lipinski definition) is 0. The maximum absolute atomic E-state index is 5.56. The SMILES string of the molecule is CC(=NC(C)(C)C)OC(C)(C)C. The summed E-state index contributed by atoms with van der Waals surface area (Å²) in [6.07, 6.45) is 0. The van der Waals surface area contributed by atoms with E-state index in [1.165, 1.54) is 0 Å². The third-order valence-electron chi connectivity index (χ3n) is 0.947. The van der Waals surface area contributed by atoms with E-state index in [4.69, 9.17) is 4.74 Å². The Hall–Kier alpha value is -0.530. The second-order valence-corrected chi connectivity index (χ2v) is 5.02. The van der Waals surface area contributed by atoms with Crippen LogP contribution in [0.1, 0.15) is 48.5 Å². The van der Waals surface area contributed by atoms with Crippen molar-refractivity contribution in [3.8, 4) is 0 Å². The molecule has 0 N–H and O–H groups in total. The molecule has 0 rings (SSSR count). The van der Waals surface area contributed by atoms with Gasteiger partial charge >= 0.3 is 0 Å². The van der Waals surface area contributed by atoms with Crippen molar-refractivity contribution >= 4 is 5.90 Å². The van der Waals surface area contributed by atoms with Gasteiger partial charge in [-0.05, 0) is 41.5 Å². The van der Waals surface area contributed by atoms with Crippen molar-refractivity contribution in [1.29, 1.82) is 0 Å². The number of ether oxygens (including phenoxy) is 1. The second kappa shape index (κ2) is 3.46. The van der Waals surface area contributed by atoms with Gasteiger partial charge in [0.1, 0.15) is 5.60 Å². The van der Waals surface area contributed by atoms with Crippen molar-refractivity contribution < 1.29 is 4.74 Å². The van der Waals surface area contributed by atoms with Gasteiger partial charge in [-0.15, -0.1) is 0 Å². The van der Waals surface area contributed by atoms with Crippen LogP contribution >= 0.6 is 0 Å². The van der Waals surface area contributed by atoms with Crippen molar-refractivity contribution in [3.05, 3.63) is 0 Å². The molecule has 0 heterocycles. The number of nitrogens with zero attached hydrogens (tertiary/aromatic N) is 1. The van der Waals surface area contributed by atoms with Crippen LogP contribution in [-0.4, -0.2) is 17.0 Å². The van der Waals surface area contributed by atoms with E-state index in [1.807, 2.05) is 27.7 Å². The first-order chi connectivity index (χ1) is 5.10. The molecule has 0 saturated carbocycles. The normalized spacial score (nSPS) is 14.8. The van der Waals surface area contributed by atoms with Crippen LogP contribution in [0.5, 0.6) is 0 Å². The second-order valence-electron chi connectivity index (χ2n) is 5.02. The van der Waals surface area contributed by atoms with Crippen LogP contribution in [0.25, 0.3) is 0 Å². The Morgan fingerprint density at radius 1 is 1.00 bits per heavy atom. The maximum Gasteiger partial charge on any atom is 0.181 e. The van der Waals surface area contributed by atoms with Gasteiger partial charge in [0.15, 0.2) is 5.90 Å². The summed E-state index contributed by atoms with van der Waals surface area (Å²) in [5, 5.41) is 0. The van der Waals surface area contributed by atoms with Crippen molar-refractivity contribution in [2.75, 3.05) is 0 Å². The van der Waals surface area contributed by atoms with Gasteiger partial charge in [-0.3, -0.25) is 4.99 Å². The summed E-state index contributed by atoms with van der Waals surface area (Å²) in [7, 11) is 0. The van der Waals surface area contributed by atoms with Gasteiger partial charge in [-0.25, -0.2) is 0 Å². The quantitative estimate of drug-likeness (QED) is 0.405. The van der Waals surface area contributed by atoms with E-state index in [-0.39, 0.29) is 11.1 Å². The molecule has 72 valence electrons. The Bertz CT molecular complexity index is 169. The lowest BCUT2D eigenvalue weighted by Crippen LogP contribution is -2.24. The molecule has 0 spiro atoms. The summed E-state index contributed by atoms with van der Waals surface area (Å²) in [6.45, 7) is 14.1. The molecule has 0 fully saturated rings. The molecule has 2 heteroatoms. The molecule has 0 aliphatic carbocycles. The molecule has 0 amide bonds. The fourth-order valence-corrected chi connectivity index (χ4v) is 0.938. The van der Waals surface area contributed by atoms with E-state index in [9.17, 15) is 0 Å². The maximum atomic E-state index is 5.56. The van der Waals surface area contributed by atoms with Crippen LogP contribution in [0, 0.1) is 0 Å². The van der Waals surface area contributed by atoms with E-state index >= 15 is 0 Å². The Kier molecular flexibility index (Phi) is 3.31. The summed E-state index contributed by atoms with van der Waals surface area (Å²) in [6, 6.07) is 0. The molecule has 0 aromatic rings. The molecule has 0 bridgehead atoms. The average Bonchev–Trinajstić information content (AvgIpc) is 1.49. The van der Waals surface area contributed by atoms with E-state index in [2.05, 4.69) is 25.8 Å². The minimum Gasteiger partial charge on any atom is -0.476 e. The highest BCUT2D eigenvalue weighted by molar-refractivity contribution is 5.74. The highest BCUT2D eigenvalue weighted by Gasteiger charge is 2.14. The third kappa shape index (κ3) is 7.58. The molecule has 0 aromatic heterocycles. The Balaban J connectivity index is 4.23. The first kappa shape index (κ1) is 11.5. The highest BCUT2D eigenvalue weighted by atomic mass is 16.5. The van der Waals surface area contributed by atoms with Crippen molar-refractivity contribution in [2.45, 2.75) is 59.6 Å². The van der Waals surface area contributed by atoms with Gasteiger partial charge in [-0.1, -0.05) is 0 Å². The van der Waals surface area contributed by atoms with E-state index in [0.29, 0.717) is 0 Å². The van der Waals surface area contributed by atoms with Crippen molar-refractivity contribution in [2.24, 2.45) is 4.99 Å².